The summed E-state index contributed by atoms with van der Waals surface area (Å²) in [5.74, 6) is -3.67. The molecule has 1 fully saturated rings. The first-order valence-corrected chi connectivity index (χ1v) is 19.7. The van der Waals surface area contributed by atoms with E-state index in [9.17, 15) is 34.2 Å². The molecule has 56 heavy (non-hydrogen) atoms. The van der Waals surface area contributed by atoms with Crippen molar-refractivity contribution in [3.05, 3.63) is 29.8 Å². The molecular weight excluding hydrogens is 722 g/mol. The largest absolute Gasteiger partial charge is 0.508 e. The van der Waals surface area contributed by atoms with E-state index < -0.39 is 60.2 Å². The Morgan fingerprint density at radius 1 is 0.893 bits per heavy atom. The number of hydrogen-bond donors (Lipinski definition) is 4. The molecule has 318 valence electrons. The highest BCUT2D eigenvalue weighted by molar-refractivity contribution is 5.90. The van der Waals surface area contributed by atoms with Gasteiger partial charge in [-0.2, -0.15) is 0 Å². The number of methoxy groups -OCH3 is 3. The normalized spacial score (nSPS) is 20.2. The molecule has 0 bridgehead atoms. The number of aromatic hydroxyl groups is 1. The topological polar surface area (TPSA) is 187 Å². The second kappa shape index (κ2) is 22.2. The first-order chi connectivity index (χ1) is 26.2. The van der Waals surface area contributed by atoms with Crippen molar-refractivity contribution in [2.75, 3.05) is 49.0 Å². The number of hydrogen-bond acceptors (Lipinski definition) is 10. The van der Waals surface area contributed by atoms with E-state index in [-0.39, 0.29) is 66.7 Å². The third-order valence-corrected chi connectivity index (χ3v) is 11.3. The summed E-state index contributed by atoms with van der Waals surface area (Å²) in [4.78, 5) is 73.0. The van der Waals surface area contributed by atoms with Gasteiger partial charge in [0.2, 0.25) is 23.6 Å². The maximum Gasteiger partial charge on any atom is 0.326 e. The highest BCUT2D eigenvalue weighted by Crippen LogP contribution is 2.31. The predicted octanol–water partition coefficient (Wildman–Crippen LogP) is 2.78. The van der Waals surface area contributed by atoms with Crippen LogP contribution in [0.5, 0.6) is 5.75 Å². The fourth-order valence-corrected chi connectivity index (χ4v) is 7.93. The van der Waals surface area contributed by atoms with Crippen LogP contribution in [0.2, 0.25) is 0 Å². The molecule has 0 spiro atoms. The molecule has 1 saturated heterocycles. The van der Waals surface area contributed by atoms with Crippen molar-refractivity contribution in [3.63, 3.8) is 0 Å². The fourth-order valence-electron chi connectivity index (χ4n) is 7.93. The zero-order valence-corrected chi connectivity index (χ0v) is 35.8. The van der Waals surface area contributed by atoms with Crippen LogP contribution in [0.1, 0.15) is 73.3 Å². The summed E-state index contributed by atoms with van der Waals surface area (Å²) in [6, 6.07) is 2.47. The Kier molecular flexibility index (Phi) is 19.2. The van der Waals surface area contributed by atoms with Crippen LogP contribution in [0.25, 0.3) is 0 Å². The summed E-state index contributed by atoms with van der Waals surface area (Å²) in [6.45, 7) is 13.6. The van der Waals surface area contributed by atoms with Gasteiger partial charge in [-0.25, -0.2) is 4.79 Å². The minimum absolute atomic E-state index is 0.00293. The number of ether oxygens (including phenoxy) is 3. The van der Waals surface area contributed by atoms with E-state index in [0.717, 1.165) is 0 Å². The van der Waals surface area contributed by atoms with E-state index in [0.29, 0.717) is 18.4 Å². The summed E-state index contributed by atoms with van der Waals surface area (Å²) < 4.78 is 17.6. The lowest BCUT2D eigenvalue weighted by molar-refractivity contribution is -0.148. The average Bonchev–Trinajstić information content (AvgIpc) is 3.57. The lowest BCUT2D eigenvalue weighted by Crippen LogP contribution is -2.59. The van der Waals surface area contributed by atoms with Crippen molar-refractivity contribution in [1.82, 2.24) is 25.3 Å². The maximum absolute atomic E-state index is 14.4. The van der Waals surface area contributed by atoms with Gasteiger partial charge in [0.1, 0.15) is 17.8 Å². The van der Waals surface area contributed by atoms with E-state index in [1.165, 1.54) is 26.4 Å². The number of phenolic OH excluding ortho intramolecular Hbond substituents is 1. The summed E-state index contributed by atoms with van der Waals surface area (Å²) in [5.41, 5.74) is 0.617. The average molecular weight is 792 g/mol. The zero-order chi connectivity index (χ0) is 42.6. The van der Waals surface area contributed by atoms with Crippen LogP contribution in [0, 0.1) is 23.7 Å². The molecule has 15 nitrogen and oxygen atoms in total. The number of phenols is 1. The van der Waals surface area contributed by atoms with Gasteiger partial charge in [0.25, 0.3) is 0 Å². The molecule has 0 aromatic heterocycles. The van der Waals surface area contributed by atoms with Gasteiger partial charge in [-0.05, 0) is 56.0 Å². The molecule has 15 heteroatoms. The van der Waals surface area contributed by atoms with Gasteiger partial charge in [-0.3, -0.25) is 24.1 Å². The van der Waals surface area contributed by atoms with Crippen LogP contribution in [-0.2, 0) is 44.6 Å². The number of carbonyl (C=O) groups excluding carboxylic acids is 4. The number of amides is 4. The van der Waals surface area contributed by atoms with E-state index in [1.807, 2.05) is 60.5 Å². The molecule has 1 heterocycles. The SMILES string of the molecule is CC[C@H](C)[C@@H]([C@@H](CC(=O)N1C[C@H](OC)C[C@H]1[C@H](OC)[C@@H](C)C(=O)N[C@@H](Cc1ccc(O)cc1)C(=O)O)OC)N(C)C(=O)[C@@H](NC(=O)[C@H](C(C)C)N(C)C)C(C)C. The number of aliphatic carboxylic acids is 1. The smallest absolute Gasteiger partial charge is 0.326 e. The number of nitrogens with one attached hydrogen (secondary N) is 2. The maximum atomic E-state index is 14.4. The molecule has 1 aliphatic heterocycles. The quantitative estimate of drug-likeness (QED) is 0.135. The molecule has 2 rings (SSSR count). The molecule has 1 aromatic rings. The number of likely N-dealkylation sites (tertiary alicyclic amines) is 1. The Morgan fingerprint density at radius 2 is 1.50 bits per heavy atom. The van der Waals surface area contributed by atoms with Gasteiger partial charge >= 0.3 is 5.97 Å². The number of carbonyl (C=O) groups is 5. The molecule has 4 amide bonds. The fraction of sp³-hybridized carbons (Fsp3) is 0.732. The standard InChI is InChI=1S/C41H69N5O10/c1-14-25(6)36(45(10)40(51)34(23(2)3)43-39(50)35(24(4)5)44(8)9)32(55-12)21-33(48)46-22-29(54-11)20-31(46)37(56-13)26(7)38(49)42-30(41(52)53)19-27-15-17-28(47)18-16-27/h15-18,23-26,29-32,34-37,47H,14,19-22H2,1-13H3,(H,42,49)(H,43,50)(H,52,53)/t25-,26+,29+,30-,31-,32+,34-,35-,36-,37+/m0/s1. The van der Waals surface area contributed by atoms with Crippen LogP contribution in [0.15, 0.2) is 24.3 Å². The minimum Gasteiger partial charge on any atom is -0.508 e. The van der Waals surface area contributed by atoms with Crippen molar-refractivity contribution in [2.45, 2.75) is 123 Å². The van der Waals surface area contributed by atoms with Crippen molar-refractivity contribution in [1.29, 1.82) is 0 Å². The van der Waals surface area contributed by atoms with E-state index in [4.69, 9.17) is 14.2 Å². The van der Waals surface area contributed by atoms with Crippen molar-refractivity contribution < 1.29 is 48.4 Å². The monoisotopic (exact) mass is 792 g/mol. The number of carboxylic acids is 1. The third kappa shape index (κ3) is 12.6. The Hall–Kier alpha value is -3.79. The molecule has 4 N–H and O–H groups in total. The summed E-state index contributed by atoms with van der Waals surface area (Å²) in [5, 5.41) is 25.2. The number of likely N-dealkylation sites (N-methyl/N-ethyl adjacent to an activating group) is 2. The van der Waals surface area contributed by atoms with Crippen LogP contribution in [0.3, 0.4) is 0 Å². The van der Waals surface area contributed by atoms with Crippen LogP contribution in [0.4, 0.5) is 0 Å². The number of benzene rings is 1. The van der Waals surface area contributed by atoms with Gasteiger partial charge in [-0.1, -0.05) is 67.0 Å². The number of carboxylic acid groups (broad SMARTS) is 1. The summed E-state index contributed by atoms with van der Waals surface area (Å²) >= 11 is 0. The summed E-state index contributed by atoms with van der Waals surface area (Å²) in [7, 11) is 9.88. The van der Waals surface area contributed by atoms with Crippen LogP contribution < -0.4 is 10.6 Å². The minimum atomic E-state index is -1.24. The molecule has 0 saturated carbocycles. The summed E-state index contributed by atoms with van der Waals surface area (Å²) in [6.07, 6.45) is -0.913. The first-order valence-electron chi connectivity index (χ1n) is 19.7. The second-order valence-electron chi connectivity index (χ2n) is 16.2. The molecule has 0 unspecified atom stereocenters. The van der Waals surface area contributed by atoms with E-state index >= 15 is 0 Å². The van der Waals surface area contributed by atoms with E-state index in [2.05, 4.69) is 10.6 Å². The Balaban J connectivity index is 2.35. The van der Waals surface area contributed by atoms with Gasteiger partial charge in [0.15, 0.2) is 0 Å². The van der Waals surface area contributed by atoms with Gasteiger partial charge < -0.3 is 44.9 Å². The Morgan fingerprint density at radius 3 is 1.96 bits per heavy atom. The van der Waals surface area contributed by atoms with Gasteiger partial charge in [0, 0.05) is 41.3 Å². The van der Waals surface area contributed by atoms with Crippen molar-refractivity contribution in [3.8, 4) is 5.75 Å². The predicted molar refractivity (Wildman–Crippen MR) is 213 cm³/mol. The highest BCUT2D eigenvalue weighted by Gasteiger charge is 2.46. The van der Waals surface area contributed by atoms with Crippen molar-refractivity contribution in [2.24, 2.45) is 23.7 Å². The number of rotatable bonds is 22. The Bertz CT molecular complexity index is 1430. The van der Waals surface area contributed by atoms with Gasteiger partial charge in [-0.15, -0.1) is 0 Å². The molecule has 1 aliphatic rings. The lowest BCUT2D eigenvalue weighted by atomic mass is 9.89. The van der Waals surface area contributed by atoms with Crippen LogP contribution in [-0.4, -0.2) is 152 Å². The third-order valence-electron chi connectivity index (χ3n) is 11.3. The lowest BCUT2D eigenvalue weighted by Gasteiger charge is -2.41. The zero-order valence-electron chi connectivity index (χ0n) is 35.8. The van der Waals surface area contributed by atoms with E-state index in [1.54, 1.807) is 43.0 Å². The van der Waals surface area contributed by atoms with Crippen LogP contribution >= 0.6 is 0 Å². The Labute approximate surface area is 333 Å². The molecule has 10 atom stereocenters. The highest BCUT2D eigenvalue weighted by atomic mass is 16.5. The molecule has 0 aliphatic carbocycles. The number of nitrogens with zero attached hydrogens (tertiary/aromatic N) is 3. The molecule has 0 radical (unpaired) electrons. The second-order valence-corrected chi connectivity index (χ2v) is 16.2. The van der Waals surface area contributed by atoms with Gasteiger partial charge in [0.05, 0.1) is 48.8 Å². The molecule has 1 aromatic carbocycles. The van der Waals surface area contributed by atoms with Crippen molar-refractivity contribution >= 4 is 29.6 Å². The molecular formula is C41H69N5O10. The first kappa shape index (κ1) is 48.4.